The molecule has 8 nitrogen and oxygen atoms in total. The van der Waals surface area contributed by atoms with Crippen molar-refractivity contribution >= 4 is 34.5 Å². The second-order valence-electron chi connectivity index (χ2n) is 7.15. The van der Waals surface area contributed by atoms with E-state index in [1.54, 1.807) is 26.6 Å². The van der Waals surface area contributed by atoms with Gasteiger partial charge in [-0.15, -0.1) is 0 Å². The first-order valence-corrected chi connectivity index (χ1v) is 10.0. The Bertz CT molecular complexity index is 1090. The monoisotopic (exact) mass is 419 g/mol. The molecule has 1 N–H and O–H groups in total. The number of nitrogens with zero attached hydrogens (tertiary/aromatic N) is 4. The first-order chi connectivity index (χ1) is 15.1. The van der Waals surface area contributed by atoms with E-state index < -0.39 is 0 Å². The first-order valence-electron chi connectivity index (χ1n) is 10.0. The highest BCUT2D eigenvalue weighted by atomic mass is 16.5. The highest BCUT2D eigenvalue weighted by molar-refractivity contribution is 5.92. The summed E-state index contributed by atoms with van der Waals surface area (Å²) in [6.45, 7) is 6.27. The molecule has 1 aromatic heterocycles. The van der Waals surface area contributed by atoms with Gasteiger partial charge in [-0.3, -0.25) is 0 Å². The second kappa shape index (κ2) is 8.91. The molecule has 2 aromatic carbocycles. The molecule has 31 heavy (non-hydrogen) atoms. The molecule has 0 spiro atoms. The quantitative estimate of drug-likeness (QED) is 0.680. The van der Waals surface area contributed by atoms with Crippen LogP contribution in [0.1, 0.15) is 5.56 Å². The van der Waals surface area contributed by atoms with E-state index in [2.05, 4.69) is 26.8 Å². The van der Waals surface area contributed by atoms with E-state index >= 15 is 0 Å². The van der Waals surface area contributed by atoms with Gasteiger partial charge < -0.3 is 24.6 Å². The van der Waals surface area contributed by atoms with Crippen LogP contribution in [0, 0.1) is 0 Å². The number of piperazine rings is 1. The summed E-state index contributed by atoms with van der Waals surface area (Å²) in [5.41, 5.74) is 2.56. The van der Waals surface area contributed by atoms with E-state index in [-0.39, 0.29) is 6.03 Å². The zero-order valence-corrected chi connectivity index (χ0v) is 17.7. The Labute approximate surface area is 181 Å². The lowest BCUT2D eigenvalue weighted by Crippen LogP contribution is -2.50. The highest BCUT2D eigenvalue weighted by Crippen LogP contribution is 2.34. The van der Waals surface area contributed by atoms with E-state index in [0.29, 0.717) is 37.7 Å². The number of anilines is 2. The lowest BCUT2D eigenvalue weighted by molar-refractivity contribution is 0.208. The van der Waals surface area contributed by atoms with Gasteiger partial charge in [-0.25, -0.2) is 14.8 Å². The van der Waals surface area contributed by atoms with Gasteiger partial charge in [-0.2, -0.15) is 0 Å². The number of hydrogen-bond acceptors (Lipinski definition) is 6. The minimum atomic E-state index is -0.107. The number of carbonyl (C=O) groups excluding carboxylic acids is 1. The lowest BCUT2D eigenvalue weighted by atomic mass is 10.2. The molecule has 1 aliphatic rings. The largest absolute Gasteiger partial charge is 0.493 e. The van der Waals surface area contributed by atoms with Crippen LogP contribution in [-0.4, -0.2) is 61.3 Å². The topological polar surface area (TPSA) is 79.8 Å². The maximum Gasteiger partial charge on any atom is 0.321 e. The van der Waals surface area contributed by atoms with Crippen LogP contribution in [0.2, 0.25) is 0 Å². The van der Waals surface area contributed by atoms with Crippen molar-refractivity contribution in [3.8, 4) is 11.5 Å². The van der Waals surface area contributed by atoms with E-state index in [4.69, 9.17) is 9.47 Å². The Hall–Kier alpha value is -3.81. The average molecular weight is 419 g/mol. The molecule has 4 rings (SSSR count). The molecule has 0 unspecified atom stereocenters. The summed E-state index contributed by atoms with van der Waals surface area (Å²) >= 11 is 0. The number of carbonyl (C=O) groups is 1. The van der Waals surface area contributed by atoms with Crippen molar-refractivity contribution in [1.82, 2.24) is 14.9 Å². The number of amides is 2. The summed E-state index contributed by atoms with van der Waals surface area (Å²) in [6, 6.07) is 11.2. The Balaban J connectivity index is 1.46. The number of hydrogen-bond donors (Lipinski definition) is 1. The number of nitrogens with one attached hydrogen (secondary N) is 1. The molecular formula is C23H25N5O3. The Morgan fingerprint density at radius 1 is 1.03 bits per heavy atom. The molecular weight excluding hydrogens is 394 g/mol. The van der Waals surface area contributed by atoms with Gasteiger partial charge in [0.1, 0.15) is 12.1 Å². The molecule has 0 aliphatic carbocycles. The van der Waals surface area contributed by atoms with Crippen LogP contribution in [-0.2, 0) is 0 Å². The zero-order valence-electron chi connectivity index (χ0n) is 17.7. The molecule has 3 aromatic rings. The minimum Gasteiger partial charge on any atom is -0.493 e. The van der Waals surface area contributed by atoms with Gasteiger partial charge in [0.2, 0.25) is 0 Å². The number of urea groups is 1. The van der Waals surface area contributed by atoms with Crippen molar-refractivity contribution in [1.29, 1.82) is 0 Å². The van der Waals surface area contributed by atoms with Crippen LogP contribution >= 0.6 is 0 Å². The van der Waals surface area contributed by atoms with Crippen molar-refractivity contribution in [2.24, 2.45) is 0 Å². The molecule has 1 fully saturated rings. The Kier molecular flexibility index (Phi) is 5.88. The smallest absolute Gasteiger partial charge is 0.321 e. The second-order valence-corrected chi connectivity index (χ2v) is 7.15. The predicted octanol–water partition coefficient (Wildman–Crippen LogP) is 3.64. The van der Waals surface area contributed by atoms with Crippen molar-refractivity contribution < 1.29 is 14.3 Å². The molecule has 1 saturated heterocycles. The third kappa shape index (κ3) is 4.23. The number of fused-ring (bicyclic) bond motifs is 1. The summed E-state index contributed by atoms with van der Waals surface area (Å²) in [6.07, 6.45) is 3.32. The summed E-state index contributed by atoms with van der Waals surface area (Å²) in [4.78, 5) is 25.5. The SMILES string of the molecule is C=Cc1ccc(NC(=O)N2CCN(c3ncnc4cc(OC)c(OC)cc34)CC2)cc1. The standard InChI is InChI=1S/C23H25N5O3/c1-4-16-5-7-17(8-6-16)26-23(29)28-11-9-27(10-12-28)22-18-13-20(30-2)21(31-3)14-19(18)24-15-25-22/h4-8,13-15H,1,9-12H2,2-3H3,(H,26,29). The maximum absolute atomic E-state index is 12.7. The molecule has 0 saturated carbocycles. The first kappa shape index (κ1) is 20.5. The predicted molar refractivity (Wildman–Crippen MR) is 122 cm³/mol. The summed E-state index contributed by atoms with van der Waals surface area (Å²) in [5.74, 6) is 2.08. The zero-order chi connectivity index (χ0) is 21.8. The van der Waals surface area contributed by atoms with E-state index in [9.17, 15) is 4.79 Å². The van der Waals surface area contributed by atoms with Crippen LogP contribution in [0.3, 0.4) is 0 Å². The summed E-state index contributed by atoms with van der Waals surface area (Å²) < 4.78 is 10.8. The number of ether oxygens (including phenoxy) is 2. The van der Waals surface area contributed by atoms with Crippen LogP contribution in [0.4, 0.5) is 16.3 Å². The van der Waals surface area contributed by atoms with E-state index in [1.165, 1.54) is 0 Å². The third-order valence-electron chi connectivity index (χ3n) is 5.38. The fourth-order valence-corrected chi connectivity index (χ4v) is 3.65. The summed E-state index contributed by atoms with van der Waals surface area (Å²) in [5, 5.41) is 3.84. The number of benzene rings is 2. The van der Waals surface area contributed by atoms with Gasteiger partial charge in [0.25, 0.3) is 0 Å². The molecule has 1 aliphatic heterocycles. The number of aromatic nitrogens is 2. The highest BCUT2D eigenvalue weighted by Gasteiger charge is 2.24. The molecule has 0 atom stereocenters. The molecule has 8 heteroatoms. The Morgan fingerprint density at radius 2 is 1.71 bits per heavy atom. The molecule has 0 bridgehead atoms. The van der Waals surface area contributed by atoms with Gasteiger partial charge in [0.15, 0.2) is 11.5 Å². The lowest BCUT2D eigenvalue weighted by Gasteiger charge is -2.35. The van der Waals surface area contributed by atoms with Crippen LogP contribution < -0.4 is 19.7 Å². The van der Waals surface area contributed by atoms with Crippen LogP contribution in [0.15, 0.2) is 49.3 Å². The van der Waals surface area contributed by atoms with Gasteiger partial charge >= 0.3 is 6.03 Å². The van der Waals surface area contributed by atoms with Crippen molar-refractivity contribution in [2.45, 2.75) is 0 Å². The molecule has 160 valence electrons. The molecule has 0 radical (unpaired) electrons. The van der Waals surface area contributed by atoms with Crippen molar-refractivity contribution in [2.75, 3.05) is 50.6 Å². The van der Waals surface area contributed by atoms with Gasteiger partial charge in [-0.1, -0.05) is 24.8 Å². The fourth-order valence-electron chi connectivity index (χ4n) is 3.65. The van der Waals surface area contributed by atoms with Crippen molar-refractivity contribution in [3.05, 3.63) is 54.9 Å². The van der Waals surface area contributed by atoms with E-state index in [1.807, 2.05) is 41.3 Å². The van der Waals surface area contributed by atoms with E-state index in [0.717, 1.165) is 28.0 Å². The molecule has 2 amide bonds. The van der Waals surface area contributed by atoms with Crippen molar-refractivity contribution in [3.63, 3.8) is 0 Å². The Morgan fingerprint density at radius 3 is 2.35 bits per heavy atom. The van der Waals surface area contributed by atoms with Gasteiger partial charge in [-0.05, 0) is 23.8 Å². The fraction of sp³-hybridized carbons (Fsp3) is 0.261. The average Bonchev–Trinajstić information content (AvgIpc) is 2.83. The van der Waals surface area contributed by atoms with Crippen LogP contribution in [0.5, 0.6) is 11.5 Å². The number of rotatable bonds is 5. The minimum absolute atomic E-state index is 0.107. The van der Waals surface area contributed by atoms with Crippen LogP contribution in [0.25, 0.3) is 17.0 Å². The summed E-state index contributed by atoms with van der Waals surface area (Å²) in [7, 11) is 3.21. The van der Waals surface area contributed by atoms with Gasteiger partial charge in [0.05, 0.1) is 19.7 Å². The van der Waals surface area contributed by atoms with Gasteiger partial charge in [0, 0.05) is 43.3 Å². The molecule has 2 heterocycles. The number of methoxy groups -OCH3 is 2. The third-order valence-corrected chi connectivity index (χ3v) is 5.38. The maximum atomic E-state index is 12.7. The normalized spacial score (nSPS) is 13.7.